The predicted octanol–water partition coefficient (Wildman–Crippen LogP) is 6.57. The second-order valence-corrected chi connectivity index (χ2v) is 7.44. The molecule has 3 aromatic carbocycles. The van der Waals surface area contributed by atoms with E-state index in [1.165, 1.54) is 22.3 Å². The summed E-state index contributed by atoms with van der Waals surface area (Å²) in [5.41, 5.74) is 8.07. The van der Waals surface area contributed by atoms with Gasteiger partial charge in [0.05, 0.1) is 11.0 Å². The zero-order valence-corrected chi connectivity index (χ0v) is 16.5. The number of benzene rings is 3. The van der Waals surface area contributed by atoms with Crippen LogP contribution in [-0.4, -0.2) is 14.1 Å². The Morgan fingerprint density at radius 2 is 1.70 bits per heavy atom. The largest absolute Gasteiger partial charge is 0.325 e. The van der Waals surface area contributed by atoms with E-state index in [2.05, 4.69) is 67.8 Å². The summed E-state index contributed by atoms with van der Waals surface area (Å²) in [6.45, 7) is 7.25. The molecule has 0 radical (unpaired) electrons. The van der Waals surface area contributed by atoms with Crippen LogP contribution in [0.15, 0.2) is 65.6 Å². The van der Waals surface area contributed by atoms with E-state index in [1.807, 2.05) is 18.2 Å². The van der Waals surface area contributed by atoms with E-state index < -0.39 is 0 Å². The molecule has 1 N–H and O–H groups in total. The summed E-state index contributed by atoms with van der Waals surface area (Å²) in [6, 6.07) is 20.9. The fourth-order valence-electron chi connectivity index (χ4n) is 3.72. The lowest BCUT2D eigenvalue weighted by molar-refractivity contribution is 0.664. The van der Waals surface area contributed by atoms with Crippen LogP contribution >= 0.6 is 12.0 Å². The van der Waals surface area contributed by atoms with Gasteiger partial charge in [-0.25, -0.2) is 4.98 Å². The van der Waals surface area contributed by atoms with Crippen LogP contribution in [-0.2, 0) is 6.54 Å². The average Bonchev–Trinajstić information content (AvgIpc) is 3.05. The highest BCUT2D eigenvalue weighted by Crippen LogP contribution is 2.35. The monoisotopic (exact) mass is 374 g/mol. The number of hydrogen-bond acceptors (Lipinski definition) is 3. The van der Waals surface area contributed by atoms with E-state index in [9.17, 15) is 4.55 Å². The van der Waals surface area contributed by atoms with Crippen molar-refractivity contribution in [3.63, 3.8) is 0 Å². The standard InChI is InChI=1S/C23H22N2OS/c1-4-25-22-12-10-17(27-26)14-21(22)24-23(25)20-8-6-5-7-19(20)18-11-9-15(2)13-16(18)3/h5-14,26H,4H2,1-3H3. The molecule has 0 aliphatic heterocycles. The zero-order valence-electron chi connectivity index (χ0n) is 15.7. The van der Waals surface area contributed by atoms with Gasteiger partial charge in [0.1, 0.15) is 5.82 Å². The Labute approximate surface area is 163 Å². The molecule has 3 nitrogen and oxygen atoms in total. The molecule has 0 saturated carbocycles. The van der Waals surface area contributed by atoms with Gasteiger partial charge in [-0.15, -0.1) is 0 Å². The normalized spacial score (nSPS) is 11.3. The molecule has 0 aliphatic carbocycles. The number of aryl methyl sites for hydroxylation is 3. The van der Waals surface area contributed by atoms with E-state index in [4.69, 9.17) is 4.98 Å². The van der Waals surface area contributed by atoms with Gasteiger partial charge in [-0.05, 0) is 55.7 Å². The molecular weight excluding hydrogens is 352 g/mol. The third-order valence-electron chi connectivity index (χ3n) is 4.98. The van der Waals surface area contributed by atoms with Crippen LogP contribution in [0.5, 0.6) is 0 Å². The first-order valence-corrected chi connectivity index (χ1v) is 9.88. The highest BCUT2D eigenvalue weighted by atomic mass is 32.2. The Kier molecular flexibility index (Phi) is 4.77. The molecule has 0 atom stereocenters. The van der Waals surface area contributed by atoms with Crippen molar-refractivity contribution in [3.05, 3.63) is 71.8 Å². The van der Waals surface area contributed by atoms with Gasteiger partial charge >= 0.3 is 0 Å². The van der Waals surface area contributed by atoms with Gasteiger partial charge in [-0.3, -0.25) is 0 Å². The number of aromatic nitrogens is 2. The molecule has 0 amide bonds. The Hall–Kier alpha value is -2.56. The van der Waals surface area contributed by atoms with E-state index in [0.717, 1.165) is 45.9 Å². The molecule has 136 valence electrons. The van der Waals surface area contributed by atoms with Crippen LogP contribution in [0.25, 0.3) is 33.5 Å². The fourth-order valence-corrected chi connectivity index (χ4v) is 4.01. The van der Waals surface area contributed by atoms with Crippen LogP contribution in [0.2, 0.25) is 0 Å². The topological polar surface area (TPSA) is 38.0 Å². The summed E-state index contributed by atoms with van der Waals surface area (Å²) >= 11 is 0.756. The Bertz CT molecular complexity index is 1130. The van der Waals surface area contributed by atoms with Crippen molar-refractivity contribution < 1.29 is 4.55 Å². The molecule has 0 saturated heterocycles. The first kappa shape index (κ1) is 17.8. The predicted molar refractivity (Wildman–Crippen MR) is 114 cm³/mol. The number of nitrogens with zero attached hydrogens (tertiary/aromatic N) is 2. The van der Waals surface area contributed by atoms with Gasteiger partial charge in [0, 0.05) is 29.0 Å². The number of fused-ring (bicyclic) bond motifs is 1. The maximum Gasteiger partial charge on any atom is 0.141 e. The van der Waals surface area contributed by atoms with Crippen LogP contribution in [0, 0.1) is 13.8 Å². The smallest absolute Gasteiger partial charge is 0.141 e. The second-order valence-electron chi connectivity index (χ2n) is 6.79. The summed E-state index contributed by atoms with van der Waals surface area (Å²) in [6.07, 6.45) is 0. The van der Waals surface area contributed by atoms with E-state index in [1.54, 1.807) is 0 Å². The van der Waals surface area contributed by atoms with Crippen molar-refractivity contribution in [1.29, 1.82) is 0 Å². The molecule has 27 heavy (non-hydrogen) atoms. The van der Waals surface area contributed by atoms with Crippen molar-refractivity contribution in [3.8, 4) is 22.5 Å². The van der Waals surface area contributed by atoms with Crippen molar-refractivity contribution >= 4 is 23.1 Å². The van der Waals surface area contributed by atoms with Crippen molar-refractivity contribution in [1.82, 2.24) is 9.55 Å². The van der Waals surface area contributed by atoms with Gasteiger partial charge in [0.2, 0.25) is 0 Å². The van der Waals surface area contributed by atoms with E-state index >= 15 is 0 Å². The molecule has 0 unspecified atom stereocenters. The zero-order chi connectivity index (χ0) is 19.0. The van der Waals surface area contributed by atoms with Crippen molar-refractivity contribution in [2.45, 2.75) is 32.2 Å². The molecule has 0 bridgehead atoms. The summed E-state index contributed by atoms with van der Waals surface area (Å²) in [5.74, 6) is 0.961. The fraction of sp³-hybridized carbons (Fsp3) is 0.174. The summed E-state index contributed by atoms with van der Waals surface area (Å²) in [4.78, 5) is 5.74. The molecule has 4 aromatic rings. The number of hydrogen-bond donors (Lipinski definition) is 1. The third-order valence-corrected chi connectivity index (χ3v) is 5.45. The summed E-state index contributed by atoms with van der Waals surface area (Å²) in [7, 11) is 0. The van der Waals surface area contributed by atoms with Crippen LogP contribution in [0.1, 0.15) is 18.1 Å². The molecule has 0 fully saturated rings. The first-order valence-electron chi connectivity index (χ1n) is 9.11. The minimum absolute atomic E-state index is 0.756. The van der Waals surface area contributed by atoms with E-state index in [-0.39, 0.29) is 0 Å². The third kappa shape index (κ3) is 3.15. The minimum atomic E-state index is 0.756. The van der Waals surface area contributed by atoms with Crippen molar-refractivity contribution in [2.75, 3.05) is 0 Å². The number of imidazole rings is 1. The Balaban J connectivity index is 1.97. The lowest BCUT2D eigenvalue weighted by atomic mass is 9.94. The highest BCUT2D eigenvalue weighted by molar-refractivity contribution is 7.93. The van der Waals surface area contributed by atoms with Crippen LogP contribution in [0.4, 0.5) is 0 Å². The van der Waals surface area contributed by atoms with Gasteiger partial charge in [0.25, 0.3) is 0 Å². The van der Waals surface area contributed by atoms with Crippen molar-refractivity contribution in [2.24, 2.45) is 0 Å². The maximum absolute atomic E-state index is 9.38. The Morgan fingerprint density at radius 3 is 2.41 bits per heavy atom. The van der Waals surface area contributed by atoms with Crippen LogP contribution in [0.3, 0.4) is 0 Å². The van der Waals surface area contributed by atoms with Gasteiger partial charge in [0.15, 0.2) is 0 Å². The second kappa shape index (κ2) is 7.22. The maximum atomic E-state index is 9.38. The van der Waals surface area contributed by atoms with Gasteiger partial charge in [-0.2, -0.15) is 0 Å². The van der Waals surface area contributed by atoms with Crippen LogP contribution < -0.4 is 0 Å². The molecule has 1 aromatic heterocycles. The number of rotatable bonds is 4. The lowest BCUT2D eigenvalue weighted by Gasteiger charge is -2.14. The Morgan fingerprint density at radius 1 is 0.926 bits per heavy atom. The molecule has 0 spiro atoms. The molecule has 4 rings (SSSR count). The quantitative estimate of drug-likeness (QED) is 0.410. The van der Waals surface area contributed by atoms with Gasteiger partial charge < -0.3 is 9.12 Å². The molecule has 1 heterocycles. The first-order chi connectivity index (χ1) is 13.1. The molecule has 0 aliphatic rings. The molecular formula is C23H22N2OS. The minimum Gasteiger partial charge on any atom is -0.325 e. The molecule has 4 heteroatoms. The SMILES string of the molecule is CCn1c(-c2ccccc2-c2ccc(C)cc2C)nc2cc(SO)ccc21. The summed E-state index contributed by atoms with van der Waals surface area (Å²) < 4.78 is 11.6. The highest BCUT2D eigenvalue weighted by Gasteiger charge is 2.16. The van der Waals surface area contributed by atoms with E-state index in [0.29, 0.717) is 0 Å². The van der Waals surface area contributed by atoms with Gasteiger partial charge in [-0.1, -0.05) is 48.0 Å². The average molecular weight is 375 g/mol. The lowest BCUT2D eigenvalue weighted by Crippen LogP contribution is -1.99. The summed E-state index contributed by atoms with van der Waals surface area (Å²) in [5, 5.41) is 0.